The lowest BCUT2D eigenvalue weighted by Crippen LogP contribution is -2.14. The Morgan fingerprint density at radius 3 is 2.62 bits per heavy atom. The van der Waals surface area contributed by atoms with Gasteiger partial charge in [-0.2, -0.15) is 5.10 Å². The van der Waals surface area contributed by atoms with Gasteiger partial charge in [0.15, 0.2) is 0 Å². The summed E-state index contributed by atoms with van der Waals surface area (Å²) in [5.74, 6) is 0.887. The SMILES string of the molecule is CCOC(=O)Cc1ccccc1OCc1nn(C(C)C)c2ccc(-c3cc(CN)cc(C4CCOCC4)c3)cc12. The highest BCUT2D eigenvalue weighted by Crippen LogP contribution is 2.34. The van der Waals surface area contributed by atoms with Crippen molar-refractivity contribution in [3.63, 3.8) is 0 Å². The van der Waals surface area contributed by atoms with Gasteiger partial charge < -0.3 is 19.9 Å². The van der Waals surface area contributed by atoms with Gasteiger partial charge in [0.25, 0.3) is 0 Å². The monoisotopic (exact) mass is 541 g/mol. The van der Waals surface area contributed by atoms with Gasteiger partial charge in [-0.25, -0.2) is 0 Å². The van der Waals surface area contributed by atoms with Crippen molar-refractivity contribution < 1.29 is 19.0 Å². The third-order valence-electron chi connectivity index (χ3n) is 7.53. The number of esters is 1. The van der Waals surface area contributed by atoms with Crippen molar-refractivity contribution in [2.75, 3.05) is 19.8 Å². The molecule has 2 N–H and O–H groups in total. The number of benzene rings is 3. The summed E-state index contributed by atoms with van der Waals surface area (Å²) in [5.41, 5.74) is 13.6. The molecule has 7 heteroatoms. The van der Waals surface area contributed by atoms with Crippen LogP contribution < -0.4 is 10.5 Å². The van der Waals surface area contributed by atoms with Crippen molar-refractivity contribution in [1.29, 1.82) is 0 Å². The zero-order valence-electron chi connectivity index (χ0n) is 23.7. The maximum absolute atomic E-state index is 12.1. The number of hydrogen-bond donors (Lipinski definition) is 1. The lowest BCUT2D eigenvalue weighted by atomic mass is 9.88. The Hall–Kier alpha value is -3.68. The van der Waals surface area contributed by atoms with Crippen LogP contribution in [0.4, 0.5) is 0 Å². The van der Waals surface area contributed by atoms with Crippen LogP contribution in [0.3, 0.4) is 0 Å². The van der Waals surface area contributed by atoms with Gasteiger partial charge in [-0.15, -0.1) is 0 Å². The molecular formula is C33H39N3O4. The molecule has 0 radical (unpaired) electrons. The van der Waals surface area contributed by atoms with Gasteiger partial charge in [-0.1, -0.05) is 36.4 Å². The summed E-state index contributed by atoms with van der Waals surface area (Å²) < 4.78 is 19.1. The Bertz CT molecular complexity index is 1470. The average molecular weight is 542 g/mol. The number of hydrogen-bond acceptors (Lipinski definition) is 6. The molecule has 0 amide bonds. The first-order valence-corrected chi connectivity index (χ1v) is 14.3. The van der Waals surface area contributed by atoms with Crippen LogP contribution in [0, 0.1) is 0 Å². The molecule has 1 fully saturated rings. The number of para-hydroxylation sites is 1. The summed E-state index contributed by atoms with van der Waals surface area (Å²) in [6.07, 6.45) is 2.24. The van der Waals surface area contributed by atoms with Crippen LogP contribution in [0.1, 0.15) is 68.0 Å². The van der Waals surface area contributed by atoms with Crippen LogP contribution in [-0.4, -0.2) is 35.6 Å². The molecule has 40 heavy (non-hydrogen) atoms. The topological polar surface area (TPSA) is 88.6 Å². The van der Waals surface area contributed by atoms with E-state index in [2.05, 4.69) is 50.2 Å². The first-order chi connectivity index (χ1) is 19.5. The highest BCUT2D eigenvalue weighted by Gasteiger charge is 2.19. The fraction of sp³-hybridized carbons (Fsp3) is 0.394. The molecule has 210 valence electrons. The normalized spacial score (nSPS) is 14.1. The number of rotatable bonds is 10. The van der Waals surface area contributed by atoms with Crippen LogP contribution in [0.25, 0.3) is 22.0 Å². The molecule has 0 unspecified atom stereocenters. The minimum Gasteiger partial charge on any atom is -0.487 e. The van der Waals surface area contributed by atoms with Crippen LogP contribution >= 0.6 is 0 Å². The van der Waals surface area contributed by atoms with Gasteiger partial charge in [-0.3, -0.25) is 9.48 Å². The largest absolute Gasteiger partial charge is 0.487 e. The third-order valence-corrected chi connectivity index (χ3v) is 7.53. The molecule has 0 saturated carbocycles. The molecule has 1 aliphatic rings. The summed E-state index contributed by atoms with van der Waals surface area (Å²) in [6.45, 7) is 8.82. The van der Waals surface area contributed by atoms with E-state index in [1.165, 1.54) is 5.56 Å². The summed E-state index contributed by atoms with van der Waals surface area (Å²) in [5, 5.41) is 6.00. The fourth-order valence-electron chi connectivity index (χ4n) is 5.46. The second-order valence-corrected chi connectivity index (χ2v) is 10.6. The van der Waals surface area contributed by atoms with Crippen molar-refractivity contribution in [2.45, 2.75) is 65.1 Å². The van der Waals surface area contributed by atoms with Crippen molar-refractivity contribution in [2.24, 2.45) is 5.73 Å². The maximum Gasteiger partial charge on any atom is 0.310 e. The molecule has 1 saturated heterocycles. The maximum atomic E-state index is 12.1. The predicted molar refractivity (Wildman–Crippen MR) is 157 cm³/mol. The van der Waals surface area contributed by atoms with Gasteiger partial charge >= 0.3 is 5.97 Å². The number of carbonyl (C=O) groups excluding carboxylic acids is 1. The highest BCUT2D eigenvalue weighted by molar-refractivity contribution is 5.87. The number of nitrogens with zero attached hydrogens (tertiary/aromatic N) is 2. The number of ether oxygens (including phenoxy) is 3. The van der Waals surface area contributed by atoms with E-state index in [9.17, 15) is 4.79 Å². The zero-order valence-corrected chi connectivity index (χ0v) is 23.7. The molecule has 2 heterocycles. The van der Waals surface area contributed by atoms with Crippen LogP contribution in [0.15, 0.2) is 60.7 Å². The van der Waals surface area contributed by atoms with E-state index in [0.717, 1.165) is 64.9 Å². The summed E-state index contributed by atoms with van der Waals surface area (Å²) in [6, 6.07) is 21.1. The Morgan fingerprint density at radius 2 is 1.88 bits per heavy atom. The molecule has 0 spiro atoms. The van der Waals surface area contributed by atoms with E-state index < -0.39 is 0 Å². The van der Waals surface area contributed by atoms with Crippen molar-refractivity contribution in [1.82, 2.24) is 9.78 Å². The standard InChI is InChI=1S/C33H39N3O4/c1-4-39-33(37)19-26-7-5-6-8-32(26)40-21-30-29-18-25(9-10-31(29)36(35-30)22(2)3)28-16-23(20-34)15-27(17-28)24-11-13-38-14-12-24/h5-10,15-18,22,24H,4,11-14,19-21,34H2,1-3H3. The fourth-order valence-corrected chi connectivity index (χ4v) is 5.46. The molecule has 0 atom stereocenters. The molecule has 0 bridgehead atoms. The molecule has 1 aromatic heterocycles. The molecule has 1 aliphatic heterocycles. The first-order valence-electron chi connectivity index (χ1n) is 14.3. The van der Waals surface area contributed by atoms with Crippen LogP contribution in [0.2, 0.25) is 0 Å². The van der Waals surface area contributed by atoms with Gasteiger partial charge in [0.05, 0.1) is 18.5 Å². The molecule has 0 aliphatic carbocycles. The quantitative estimate of drug-likeness (QED) is 0.236. The zero-order chi connectivity index (χ0) is 28.1. The van der Waals surface area contributed by atoms with Gasteiger partial charge in [-0.05, 0) is 86.1 Å². The van der Waals surface area contributed by atoms with E-state index in [1.54, 1.807) is 0 Å². The average Bonchev–Trinajstić information content (AvgIpc) is 3.35. The second kappa shape index (κ2) is 12.7. The Morgan fingerprint density at radius 1 is 1.07 bits per heavy atom. The number of carbonyl (C=O) groups is 1. The van der Waals surface area contributed by atoms with Gasteiger partial charge in [0, 0.05) is 36.8 Å². The van der Waals surface area contributed by atoms with Crippen LogP contribution in [0.5, 0.6) is 5.75 Å². The summed E-state index contributed by atoms with van der Waals surface area (Å²) in [4.78, 5) is 12.1. The van der Waals surface area contributed by atoms with E-state index >= 15 is 0 Å². The van der Waals surface area contributed by atoms with Gasteiger partial charge in [0.2, 0.25) is 0 Å². The molecule has 5 rings (SSSR count). The minimum absolute atomic E-state index is 0.169. The molecule has 3 aromatic carbocycles. The lowest BCUT2D eigenvalue weighted by Gasteiger charge is -2.23. The smallest absolute Gasteiger partial charge is 0.310 e. The molecule has 7 nitrogen and oxygen atoms in total. The molecule has 4 aromatic rings. The van der Waals surface area contributed by atoms with E-state index in [1.807, 2.05) is 35.9 Å². The Kier molecular flexibility index (Phi) is 8.82. The summed E-state index contributed by atoms with van der Waals surface area (Å²) in [7, 11) is 0. The van der Waals surface area contributed by atoms with E-state index in [4.69, 9.17) is 25.0 Å². The first kappa shape index (κ1) is 27.9. The minimum atomic E-state index is -0.266. The Balaban J connectivity index is 1.48. The summed E-state index contributed by atoms with van der Waals surface area (Å²) >= 11 is 0. The highest BCUT2D eigenvalue weighted by atomic mass is 16.5. The Labute approximate surface area is 236 Å². The third kappa shape index (κ3) is 6.21. The van der Waals surface area contributed by atoms with Crippen molar-refractivity contribution in [3.8, 4) is 16.9 Å². The number of nitrogens with two attached hydrogens (primary N) is 1. The molecular weight excluding hydrogens is 502 g/mol. The lowest BCUT2D eigenvalue weighted by molar-refractivity contribution is -0.142. The number of aromatic nitrogens is 2. The van der Waals surface area contributed by atoms with E-state index in [-0.39, 0.29) is 25.0 Å². The van der Waals surface area contributed by atoms with Crippen molar-refractivity contribution >= 4 is 16.9 Å². The van der Waals surface area contributed by atoms with E-state index in [0.29, 0.717) is 24.8 Å². The van der Waals surface area contributed by atoms with Gasteiger partial charge in [0.1, 0.15) is 18.1 Å². The second-order valence-electron chi connectivity index (χ2n) is 10.6. The van der Waals surface area contributed by atoms with Crippen LogP contribution in [-0.2, 0) is 33.8 Å². The number of fused-ring (bicyclic) bond motifs is 1. The van der Waals surface area contributed by atoms with Crippen molar-refractivity contribution in [3.05, 3.63) is 83.0 Å². The predicted octanol–water partition coefficient (Wildman–Crippen LogP) is 6.32.